The average molecular weight is 1010 g/mol. The highest BCUT2D eigenvalue weighted by molar-refractivity contribution is 5.73. The van der Waals surface area contributed by atoms with Gasteiger partial charge in [-0.05, 0) is 34.1 Å². The van der Waals surface area contributed by atoms with Crippen LogP contribution in [0.15, 0.2) is 0 Å². The van der Waals surface area contributed by atoms with Gasteiger partial charge in [-0.15, -0.1) is 0 Å². The lowest BCUT2D eigenvalue weighted by Crippen LogP contribution is -2.70. The van der Waals surface area contributed by atoms with Gasteiger partial charge in [0.15, 0.2) is 37.7 Å². The van der Waals surface area contributed by atoms with Gasteiger partial charge in [-0.3, -0.25) is 4.79 Å². The second-order valence-electron chi connectivity index (χ2n) is 18.3. The van der Waals surface area contributed by atoms with Crippen molar-refractivity contribution in [2.75, 3.05) is 19.8 Å². The van der Waals surface area contributed by atoms with Gasteiger partial charge >= 0.3 is 0 Å². The number of aliphatic hydroxyl groups is 14. The van der Waals surface area contributed by atoms with Crippen LogP contribution in [0.3, 0.4) is 0 Å². The van der Waals surface area contributed by atoms with Crippen LogP contribution in [-0.2, 0) is 61.6 Å². The number of hydrogen-bond acceptors (Lipinski definition) is 27. The summed E-state index contributed by atoms with van der Waals surface area (Å²) in [6.45, 7) is 6.70. The Hall–Kier alpha value is -1.57. The fraction of sp³-hybridized carbons (Fsp3) is 0.976. The third-order valence-electron chi connectivity index (χ3n) is 13.1. The molecule has 6 heterocycles. The van der Waals surface area contributed by atoms with E-state index >= 15 is 0 Å². The molecule has 15 N–H and O–H groups in total. The maximum Gasteiger partial charge on any atom is 0.217 e. The van der Waals surface area contributed by atoms with E-state index in [1.54, 1.807) is 6.92 Å². The van der Waals surface area contributed by atoms with Crippen molar-refractivity contribution in [3.8, 4) is 0 Å². The van der Waals surface area contributed by atoms with E-state index < -0.39 is 203 Å². The number of carbonyl (C=O) groups excluding carboxylic acids is 1. The van der Waals surface area contributed by atoms with Gasteiger partial charge in [0.25, 0.3) is 0 Å². The van der Waals surface area contributed by atoms with E-state index in [2.05, 4.69) is 5.32 Å². The molecule has 1 amide bonds. The first-order valence-electron chi connectivity index (χ1n) is 23.0. The number of aliphatic hydroxyl groups excluding tert-OH is 14. The maximum atomic E-state index is 13.0. The summed E-state index contributed by atoms with van der Waals surface area (Å²) in [6, 6.07) is -1.71. The van der Waals surface area contributed by atoms with Crippen molar-refractivity contribution < 1.29 is 133 Å². The second-order valence-corrected chi connectivity index (χ2v) is 18.3. The van der Waals surface area contributed by atoms with Gasteiger partial charge in [0, 0.05) is 13.5 Å². The Morgan fingerprint density at radius 2 is 0.841 bits per heavy atom. The summed E-state index contributed by atoms with van der Waals surface area (Å²) in [5.74, 6) is -0.800. The van der Waals surface area contributed by atoms with Gasteiger partial charge < -0.3 is 134 Å². The topological polar surface area (TPSA) is 423 Å². The highest BCUT2D eigenvalue weighted by atomic mass is 16.8. The van der Waals surface area contributed by atoms with Gasteiger partial charge in [0.1, 0.15) is 122 Å². The SMILES string of the molecule is CCCO[C@@H]1OC(C)[C@H](O)[C@@H](O)C1O[C@@H]1OC(C)[C@H](O)[C@@H](O[C@H]2O[C@H](CO)[C@@H](O)C(O)C2O)C1O[C@@H]1OC(CO)[C@H](O)[C@H](O[C@@H]2OC(C)[C@H](O)[C@@H](O[C@@H]3OC(C)[C@H](O)[C@@H](O)C3O)C2O)C1NC(C)=O. The zero-order valence-electron chi connectivity index (χ0n) is 38.7. The van der Waals surface area contributed by atoms with Gasteiger partial charge in [-0.2, -0.15) is 0 Å². The predicted octanol–water partition coefficient (Wildman–Crippen LogP) is -8.41. The van der Waals surface area contributed by atoms with Crippen molar-refractivity contribution in [1.82, 2.24) is 5.32 Å². The summed E-state index contributed by atoms with van der Waals surface area (Å²) >= 11 is 0. The van der Waals surface area contributed by atoms with Crippen LogP contribution in [0.4, 0.5) is 0 Å². The summed E-state index contributed by atoms with van der Waals surface area (Å²) in [5, 5.41) is 155. The molecule has 6 aliphatic heterocycles. The molecule has 0 aromatic rings. The van der Waals surface area contributed by atoms with Crippen LogP contribution in [0.2, 0.25) is 0 Å². The first-order valence-corrected chi connectivity index (χ1v) is 23.0. The van der Waals surface area contributed by atoms with Crippen molar-refractivity contribution in [1.29, 1.82) is 0 Å². The van der Waals surface area contributed by atoms with Crippen LogP contribution in [0.5, 0.6) is 0 Å². The monoisotopic (exact) mass is 1010 g/mol. The minimum absolute atomic E-state index is 0.0941. The first-order chi connectivity index (χ1) is 32.5. The van der Waals surface area contributed by atoms with Crippen LogP contribution in [0.25, 0.3) is 0 Å². The minimum Gasteiger partial charge on any atom is -0.394 e. The highest BCUT2D eigenvalue weighted by Crippen LogP contribution is 2.38. The molecule has 0 aromatic carbocycles. The number of rotatable bonds is 16. The molecule has 6 aliphatic rings. The van der Waals surface area contributed by atoms with E-state index in [9.17, 15) is 76.3 Å². The Balaban J connectivity index is 1.35. The standard InChI is InChI=1S/C41H71NO27/c1-7-8-58-40-34(27(54)20(47)12(3)61-40)68-41-35(33(22(49)14(5)62-41)67-38-29(56)26(53)23(50)16(9-43)64-38)69-36-18(42-15(6)45)31(24(51)17(10-44)63-36)65-39-30(57)32(21(48)13(4)60-39)66-37-28(55)25(52)19(46)11(2)59-37/h11-14,16-41,43-44,46-57H,7-10H2,1-6H3,(H,42,45)/t11?,12?,13?,14?,16-,17?,18?,19+,20+,21+,22+,23-,24+,25-,26?,27-,28?,29?,30?,31-,32-,33-,34?,35?,36+,37+,38-,39+,40-,41+/m1/s1. The summed E-state index contributed by atoms with van der Waals surface area (Å²) in [4.78, 5) is 13.0. The molecule has 28 nitrogen and oxygen atoms in total. The fourth-order valence-corrected chi connectivity index (χ4v) is 8.99. The first kappa shape index (κ1) is 56.7. The molecule has 28 heteroatoms. The average Bonchev–Trinajstić information content (AvgIpc) is 3.31. The van der Waals surface area contributed by atoms with Gasteiger partial charge in [0.2, 0.25) is 5.91 Å². The van der Waals surface area contributed by atoms with E-state index in [1.807, 2.05) is 0 Å². The Morgan fingerprint density at radius 3 is 1.42 bits per heavy atom. The maximum absolute atomic E-state index is 13.0. The van der Waals surface area contributed by atoms with Gasteiger partial charge in [-0.1, -0.05) is 6.92 Å². The van der Waals surface area contributed by atoms with Crippen LogP contribution in [-0.4, -0.2) is 281 Å². The zero-order valence-corrected chi connectivity index (χ0v) is 38.7. The van der Waals surface area contributed by atoms with Crippen molar-refractivity contribution >= 4 is 5.91 Å². The molecule has 12 unspecified atom stereocenters. The Labute approximate surface area is 395 Å². The summed E-state index contributed by atoms with van der Waals surface area (Å²) < 4.78 is 71.5. The minimum atomic E-state index is -2.03. The van der Waals surface area contributed by atoms with Crippen LogP contribution in [0.1, 0.15) is 48.0 Å². The second kappa shape index (κ2) is 24.2. The number of carbonyl (C=O) groups is 1. The van der Waals surface area contributed by atoms with Crippen molar-refractivity contribution in [3.05, 3.63) is 0 Å². The van der Waals surface area contributed by atoms with Crippen LogP contribution in [0, 0.1) is 0 Å². The lowest BCUT2D eigenvalue weighted by molar-refractivity contribution is -0.406. The Bertz CT molecular complexity index is 1610. The molecule has 6 saturated heterocycles. The molecule has 69 heavy (non-hydrogen) atoms. The molecule has 402 valence electrons. The van der Waals surface area contributed by atoms with E-state index in [0.717, 1.165) is 6.92 Å². The predicted molar refractivity (Wildman–Crippen MR) is 219 cm³/mol. The summed E-state index contributed by atoms with van der Waals surface area (Å²) in [6.07, 6.45) is -48.3. The van der Waals surface area contributed by atoms with E-state index in [0.29, 0.717) is 6.42 Å². The molecule has 6 rings (SSSR count). The lowest BCUT2D eigenvalue weighted by atomic mass is 9.94. The Morgan fingerprint density at radius 1 is 0.420 bits per heavy atom. The summed E-state index contributed by atoms with van der Waals surface area (Å²) in [7, 11) is 0. The van der Waals surface area contributed by atoms with Crippen molar-refractivity contribution in [2.45, 2.75) is 232 Å². The molecule has 0 aliphatic carbocycles. The molecule has 0 saturated carbocycles. The normalized spacial score (nSPS) is 52.1. The third kappa shape index (κ3) is 12.2. The molecule has 6 fully saturated rings. The Kier molecular flexibility index (Phi) is 19.9. The molecule has 30 atom stereocenters. The van der Waals surface area contributed by atoms with E-state index in [-0.39, 0.29) is 6.61 Å². The number of ether oxygens (including phenoxy) is 12. The largest absolute Gasteiger partial charge is 0.394 e. The summed E-state index contributed by atoms with van der Waals surface area (Å²) in [5.41, 5.74) is 0. The molecule has 0 aromatic heterocycles. The van der Waals surface area contributed by atoms with Crippen molar-refractivity contribution in [2.24, 2.45) is 0 Å². The fourth-order valence-electron chi connectivity index (χ4n) is 8.99. The van der Waals surface area contributed by atoms with Crippen LogP contribution < -0.4 is 5.32 Å². The molecular weight excluding hydrogens is 938 g/mol. The molecule has 0 spiro atoms. The number of hydrogen-bond donors (Lipinski definition) is 15. The zero-order chi connectivity index (χ0) is 50.9. The molecular formula is C41H71NO27. The quantitative estimate of drug-likeness (QED) is 0.0683. The third-order valence-corrected chi connectivity index (χ3v) is 13.1. The van der Waals surface area contributed by atoms with Crippen molar-refractivity contribution in [3.63, 3.8) is 0 Å². The highest BCUT2D eigenvalue weighted by Gasteiger charge is 2.58. The smallest absolute Gasteiger partial charge is 0.217 e. The molecule has 0 radical (unpaired) electrons. The lowest BCUT2D eigenvalue weighted by Gasteiger charge is -2.51. The van der Waals surface area contributed by atoms with Gasteiger partial charge in [0.05, 0.1) is 37.6 Å². The van der Waals surface area contributed by atoms with E-state index in [1.165, 1.54) is 27.7 Å². The number of nitrogens with one attached hydrogen (secondary N) is 1. The molecule has 0 bridgehead atoms. The van der Waals surface area contributed by atoms with Gasteiger partial charge in [-0.25, -0.2) is 0 Å². The van der Waals surface area contributed by atoms with E-state index in [4.69, 9.17) is 56.8 Å². The van der Waals surface area contributed by atoms with Crippen LogP contribution >= 0.6 is 0 Å². The number of amides is 1.